The van der Waals surface area contributed by atoms with Crippen molar-refractivity contribution in [2.75, 3.05) is 0 Å². The first-order chi connectivity index (χ1) is 10.8. The van der Waals surface area contributed by atoms with Gasteiger partial charge in [0.15, 0.2) is 5.76 Å². The summed E-state index contributed by atoms with van der Waals surface area (Å²) in [6.45, 7) is 3.41. The van der Waals surface area contributed by atoms with Gasteiger partial charge < -0.3 is 14.8 Å². The molecule has 0 saturated heterocycles. The van der Waals surface area contributed by atoms with Gasteiger partial charge in [0.05, 0.1) is 17.5 Å². The zero-order valence-electron chi connectivity index (χ0n) is 12.5. The van der Waals surface area contributed by atoms with Gasteiger partial charge in [0.25, 0.3) is 5.91 Å². The van der Waals surface area contributed by atoms with E-state index >= 15 is 0 Å². The third-order valence-electron chi connectivity index (χ3n) is 3.28. The highest BCUT2D eigenvalue weighted by molar-refractivity contribution is 6.30. The number of aliphatic carboxylic acids is 1. The Hall–Kier alpha value is -2.34. The smallest absolute Gasteiger partial charge is 0.305 e. The average molecular weight is 340 g/mol. The lowest BCUT2D eigenvalue weighted by molar-refractivity contribution is -0.137. The van der Waals surface area contributed by atoms with Gasteiger partial charge >= 0.3 is 5.97 Å². The Morgan fingerprint density at radius 2 is 2.04 bits per heavy atom. The molecule has 1 aromatic carbocycles. The number of furan rings is 1. The van der Waals surface area contributed by atoms with Crippen LogP contribution in [0.5, 0.6) is 0 Å². The summed E-state index contributed by atoms with van der Waals surface area (Å²) in [6.07, 6.45) is -0.397. The minimum absolute atomic E-state index is 0.0772. The number of halogens is 2. The van der Waals surface area contributed by atoms with Crippen LogP contribution in [0.1, 0.15) is 39.9 Å². The molecule has 0 saturated carbocycles. The van der Waals surface area contributed by atoms with Crippen molar-refractivity contribution in [1.29, 1.82) is 0 Å². The van der Waals surface area contributed by atoms with Crippen LogP contribution in [0, 0.1) is 19.7 Å². The van der Waals surface area contributed by atoms with Crippen LogP contribution in [0.2, 0.25) is 5.02 Å². The second-order valence-corrected chi connectivity index (χ2v) is 5.57. The molecule has 23 heavy (non-hydrogen) atoms. The maximum Gasteiger partial charge on any atom is 0.305 e. The molecule has 1 heterocycles. The Labute approximate surface area is 137 Å². The van der Waals surface area contributed by atoms with Crippen molar-refractivity contribution in [3.05, 3.63) is 57.8 Å². The molecule has 0 aliphatic carbocycles. The molecule has 7 heteroatoms. The summed E-state index contributed by atoms with van der Waals surface area (Å²) < 4.78 is 18.9. The minimum atomic E-state index is -1.13. The number of carbonyl (C=O) groups excluding carboxylic acids is 1. The van der Waals surface area contributed by atoms with E-state index in [9.17, 15) is 14.0 Å². The van der Waals surface area contributed by atoms with Crippen LogP contribution < -0.4 is 5.32 Å². The molecular formula is C16H15ClFNO4. The molecule has 0 bridgehead atoms. The molecule has 0 aliphatic heterocycles. The van der Waals surface area contributed by atoms with E-state index in [0.29, 0.717) is 16.9 Å². The van der Waals surface area contributed by atoms with Crippen LogP contribution in [0.25, 0.3) is 0 Å². The zero-order valence-corrected chi connectivity index (χ0v) is 13.3. The number of aryl methyl sites for hydroxylation is 2. The van der Waals surface area contributed by atoms with Crippen LogP contribution in [0.15, 0.2) is 28.7 Å². The van der Waals surface area contributed by atoms with E-state index in [1.165, 1.54) is 12.1 Å². The summed E-state index contributed by atoms with van der Waals surface area (Å²) in [6, 6.07) is 4.69. The molecule has 0 fully saturated rings. The van der Waals surface area contributed by atoms with E-state index in [1.54, 1.807) is 19.9 Å². The van der Waals surface area contributed by atoms with Crippen molar-refractivity contribution in [1.82, 2.24) is 5.32 Å². The van der Waals surface area contributed by atoms with Gasteiger partial charge in [0, 0.05) is 5.56 Å². The number of nitrogens with one attached hydrogen (secondary N) is 1. The van der Waals surface area contributed by atoms with Gasteiger partial charge in [-0.15, -0.1) is 0 Å². The molecule has 1 aromatic heterocycles. The van der Waals surface area contributed by atoms with Crippen LogP contribution in [-0.2, 0) is 4.79 Å². The largest absolute Gasteiger partial charge is 0.481 e. The van der Waals surface area contributed by atoms with E-state index in [0.717, 1.165) is 6.07 Å². The van der Waals surface area contributed by atoms with Crippen LogP contribution >= 0.6 is 11.6 Å². The standard InChI is InChI=1S/C16H15ClFNO4/c1-8-5-9(2)23-15(8)16(22)19-13(7-14(20)21)10-3-4-11(17)12(18)6-10/h3-6,13H,7H2,1-2H3,(H,19,22)(H,20,21). The molecule has 0 radical (unpaired) electrons. The predicted molar refractivity (Wildman–Crippen MR) is 82.1 cm³/mol. The second-order valence-electron chi connectivity index (χ2n) is 5.17. The van der Waals surface area contributed by atoms with Crippen molar-refractivity contribution in [3.63, 3.8) is 0 Å². The molecule has 2 rings (SSSR count). The number of benzene rings is 1. The quantitative estimate of drug-likeness (QED) is 0.871. The van der Waals surface area contributed by atoms with E-state index in [1.807, 2.05) is 0 Å². The number of hydrogen-bond donors (Lipinski definition) is 2. The summed E-state index contributed by atoms with van der Waals surface area (Å²) in [4.78, 5) is 23.3. The first-order valence-electron chi connectivity index (χ1n) is 6.82. The van der Waals surface area contributed by atoms with E-state index in [2.05, 4.69) is 5.32 Å². The maximum absolute atomic E-state index is 13.6. The number of rotatable bonds is 5. The molecule has 1 atom stereocenters. The van der Waals surface area contributed by atoms with Crippen molar-refractivity contribution in [2.24, 2.45) is 0 Å². The predicted octanol–water partition coefficient (Wildman–Crippen LogP) is 3.63. The maximum atomic E-state index is 13.6. The summed E-state index contributed by atoms with van der Waals surface area (Å²) in [7, 11) is 0. The molecule has 0 spiro atoms. The van der Waals surface area contributed by atoms with E-state index in [-0.39, 0.29) is 10.8 Å². The minimum Gasteiger partial charge on any atom is -0.481 e. The molecule has 5 nitrogen and oxygen atoms in total. The molecule has 2 aromatic rings. The highest BCUT2D eigenvalue weighted by atomic mass is 35.5. The van der Waals surface area contributed by atoms with Crippen molar-refractivity contribution < 1.29 is 23.5 Å². The second kappa shape index (κ2) is 6.83. The Morgan fingerprint density at radius 3 is 2.57 bits per heavy atom. The summed E-state index contributed by atoms with van der Waals surface area (Å²) in [5.74, 6) is -1.69. The number of amides is 1. The SMILES string of the molecule is Cc1cc(C)c(C(=O)NC(CC(=O)O)c2ccc(Cl)c(F)c2)o1. The van der Waals surface area contributed by atoms with E-state index in [4.69, 9.17) is 21.1 Å². The van der Waals surface area contributed by atoms with Gasteiger partial charge in [-0.3, -0.25) is 9.59 Å². The van der Waals surface area contributed by atoms with Gasteiger partial charge in [-0.25, -0.2) is 4.39 Å². The normalized spacial score (nSPS) is 12.0. The Balaban J connectivity index is 2.28. The monoisotopic (exact) mass is 339 g/mol. The van der Waals surface area contributed by atoms with Crippen LogP contribution in [0.4, 0.5) is 4.39 Å². The topological polar surface area (TPSA) is 79.5 Å². The number of carboxylic acid groups (broad SMARTS) is 1. The number of hydrogen-bond acceptors (Lipinski definition) is 3. The Kier molecular flexibility index (Phi) is 5.05. The third-order valence-corrected chi connectivity index (χ3v) is 3.58. The highest BCUT2D eigenvalue weighted by Crippen LogP contribution is 2.23. The summed E-state index contributed by atoms with van der Waals surface area (Å²) >= 11 is 5.62. The fraction of sp³-hybridized carbons (Fsp3) is 0.250. The average Bonchev–Trinajstić information content (AvgIpc) is 2.79. The Bertz CT molecular complexity index is 757. The van der Waals surface area contributed by atoms with Crippen molar-refractivity contribution in [2.45, 2.75) is 26.3 Å². The first kappa shape index (κ1) is 17.0. The fourth-order valence-corrected chi connectivity index (χ4v) is 2.36. The lowest BCUT2D eigenvalue weighted by Gasteiger charge is -2.17. The molecule has 1 amide bonds. The van der Waals surface area contributed by atoms with Gasteiger partial charge in [-0.2, -0.15) is 0 Å². The molecule has 0 aliphatic rings. The first-order valence-corrected chi connectivity index (χ1v) is 7.20. The lowest BCUT2D eigenvalue weighted by Crippen LogP contribution is -2.30. The van der Waals surface area contributed by atoms with Crippen molar-refractivity contribution >= 4 is 23.5 Å². The zero-order chi connectivity index (χ0) is 17.1. The fourth-order valence-electron chi connectivity index (χ4n) is 2.25. The van der Waals surface area contributed by atoms with Gasteiger partial charge in [-0.05, 0) is 37.6 Å². The van der Waals surface area contributed by atoms with Crippen LogP contribution in [0.3, 0.4) is 0 Å². The molecular weight excluding hydrogens is 325 g/mol. The van der Waals surface area contributed by atoms with Crippen LogP contribution in [-0.4, -0.2) is 17.0 Å². The number of carbonyl (C=O) groups is 2. The molecule has 2 N–H and O–H groups in total. The van der Waals surface area contributed by atoms with Crippen molar-refractivity contribution in [3.8, 4) is 0 Å². The highest BCUT2D eigenvalue weighted by Gasteiger charge is 2.22. The molecule has 1 unspecified atom stereocenters. The van der Waals surface area contributed by atoms with Gasteiger partial charge in [0.1, 0.15) is 11.6 Å². The van der Waals surface area contributed by atoms with Gasteiger partial charge in [-0.1, -0.05) is 17.7 Å². The van der Waals surface area contributed by atoms with Gasteiger partial charge in [0.2, 0.25) is 0 Å². The number of carboxylic acids is 1. The lowest BCUT2D eigenvalue weighted by atomic mass is 10.0. The van der Waals surface area contributed by atoms with E-state index < -0.39 is 30.2 Å². The third kappa shape index (κ3) is 4.10. The Morgan fingerprint density at radius 1 is 1.35 bits per heavy atom. The summed E-state index contributed by atoms with van der Waals surface area (Å²) in [5, 5.41) is 11.5. The summed E-state index contributed by atoms with van der Waals surface area (Å²) in [5.41, 5.74) is 0.944. The molecule has 122 valence electrons.